The zero-order valence-corrected chi connectivity index (χ0v) is 17.4. The number of amides is 2. The van der Waals surface area contributed by atoms with Gasteiger partial charge in [0.05, 0.1) is 5.69 Å². The summed E-state index contributed by atoms with van der Waals surface area (Å²) in [5, 5.41) is 10.3. The lowest BCUT2D eigenvalue weighted by molar-refractivity contribution is -0.123. The van der Waals surface area contributed by atoms with Crippen LogP contribution in [-0.4, -0.2) is 27.6 Å². The van der Waals surface area contributed by atoms with E-state index in [9.17, 15) is 14.0 Å². The van der Waals surface area contributed by atoms with Crippen molar-refractivity contribution < 1.29 is 14.0 Å². The zero-order chi connectivity index (χ0) is 21.7. The number of halogens is 2. The number of carbonyl (C=O) groups excluding carboxylic acids is 2. The van der Waals surface area contributed by atoms with Gasteiger partial charge in [0.15, 0.2) is 5.69 Å². The Hall–Kier alpha value is -3.19. The Kier molecular flexibility index (Phi) is 6.84. The highest BCUT2D eigenvalue weighted by atomic mass is 35.5. The number of aryl methyl sites for hydroxylation is 1. The van der Waals surface area contributed by atoms with Crippen LogP contribution in [0.25, 0.3) is 11.3 Å². The molecule has 1 aromatic heterocycles. The maximum atomic E-state index is 13.2. The minimum absolute atomic E-state index is 0.175. The second kappa shape index (κ2) is 9.54. The lowest BCUT2D eigenvalue weighted by Crippen LogP contribution is -2.46. The van der Waals surface area contributed by atoms with Gasteiger partial charge < -0.3 is 10.6 Å². The van der Waals surface area contributed by atoms with Crippen molar-refractivity contribution >= 4 is 23.4 Å². The van der Waals surface area contributed by atoms with Crippen LogP contribution in [0.5, 0.6) is 0 Å². The van der Waals surface area contributed by atoms with Gasteiger partial charge in [-0.1, -0.05) is 36.7 Å². The van der Waals surface area contributed by atoms with Gasteiger partial charge >= 0.3 is 0 Å². The average molecular weight is 429 g/mol. The van der Waals surface area contributed by atoms with Crippen LogP contribution in [0.15, 0.2) is 54.6 Å². The highest BCUT2D eigenvalue weighted by molar-refractivity contribution is 6.31. The summed E-state index contributed by atoms with van der Waals surface area (Å²) in [5.41, 5.74) is 2.36. The van der Waals surface area contributed by atoms with Crippen LogP contribution >= 0.6 is 11.6 Å². The largest absolute Gasteiger partial charge is 0.350 e. The molecule has 0 bridgehead atoms. The molecule has 0 unspecified atom stereocenters. The molecule has 6 nitrogen and oxygen atoms in total. The zero-order valence-electron chi connectivity index (χ0n) is 16.7. The van der Waals surface area contributed by atoms with Crippen molar-refractivity contribution in [3.05, 3.63) is 76.7 Å². The number of carbonyl (C=O) groups is 2. The number of nitrogens with zero attached hydrogens (tertiary/aromatic N) is 2. The van der Waals surface area contributed by atoms with Crippen LogP contribution in [0, 0.1) is 5.82 Å². The van der Waals surface area contributed by atoms with Crippen LogP contribution in [0.2, 0.25) is 5.02 Å². The third kappa shape index (κ3) is 5.04. The van der Waals surface area contributed by atoms with Crippen molar-refractivity contribution in [3.8, 4) is 11.3 Å². The van der Waals surface area contributed by atoms with Gasteiger partial charge in [0.2, 0.25) is 5.91 Å². The van der Waals surface area contributed by atoms with Gasteiger partial charge in [-0.3, -0.25) is 14.3 Å². The van der Waals surface area contributed by atoms with E-state index in [0.29, 0.717) is 17.1 Å². The number of nitrogens with one attached hydrogen (secondary N) is 2. The van der Waals surface area contributed by atoms with Crippen LogP contribution in [-0.2, 0) is 18.4 Å². The van der Waals surface area contributed by atoms with E-state index in [1.807, 2.05) is 25.1 Å². The third-order valence-electron chi connectivity index (χ3n) is 4.69. The lowest BCUT2D eigenvalue weighted by Gasteiger charge is -2.16. The van der Waals surface area contributed by atoms with Gasteiger partial charge in [-0.15, -0.1) is 0 Å². The van der Waals surface area contributed by atoms with Gasteiger partial charge in [-0.05, 0) is 53.9 Å². The molecule has 2 N–H and O–H groups in total. The van der Waals surface area contributed by atoms with E-state index in [2.05, 4.69) is 15.7 Å². The predicted octanol–water partition coefficient (Wildman–Crippen LogP) is 3.70. The Morgan fingerprint density at radius 2 is 1.87 bits per heavy atom. The molecule has 1 heterocycles. The first kappa shape index (κ1) is 21.5. The first-order valence-corrected chi connectivity index (χ1v) is 9.88. The number of benzene rings is 2. The molecule has 3 rings (SSSR count). The summed E-state index contributed by atoms with van der Waals surface area (Å²) in [6.07, 6.45) is 0.414. The minimum Gasteiger partial charge on any atom is -0.350 e. The molecule has 156 valence electrons. The van der Waals surface area contributed by atoms with E-state index in [4.69, 9.17) is 11.6 Å². The topological polar surface area (TPSA) is 76.0 Å². The molecule has 3 aromatic rings. The lowest BCUT2D eigenvalue weighted by atomic mass is 10.1. The monoisotopic (exact) mass is 428 g/mol. The molecule has 0 aliphatic rings. The van der Waals surface area contributed by atoms with Gasteiger partial charge in [0.25, 0.3) is 5.91 Å². The maximum absolute atomic E-state index is 13.2. The summed E-state index contributed by atoms with van der Waals surface area (Å²) in [6.45, 7) is 2.07. The van der Waals surface area contributed by atoms with Crippen molar-refractivity contribution in [2.24, 2.45) is 7.05 Å². The number of rotatable bonds is 7. The number of hydrogen-bond donors (Lipinski definition) is 2. The number of aromatic nitrogens is 2. The highest BCUT2D eigenvalue weighted by Crippen LogP contribution is 2.20. The molecule has 0 saturated carbocycles. The third-order valence-corrected chi connectivity index (χ3v) is 5.06. The molecule has 0 spiro atoms. The van der Waals surface area contributed by atoms with E-state index in [0.717, 1.165) is 11.1 Å². The molecule has 8 heteroatoms. The first-order chi connectivity index (χ1) is 14.4. The number of hydrogen-bond acceptors (Lipinski definition) is 3. The van der Waals surface area contributed by atoms with Gasteiger partial charge in [0, 0.05) is 18.6 Å². The first-order valence-electron chi connectivity index (χ1n) is 9.51. The maximum Gasteiger partial charge on any atom is 0.272 e. The van der Waals surface area contributed by atoms with Crippen LogP contribution in [0.1, 0.15) is 29.4 Å². The average Bonchev–Trinajstić information content (AvgIpc) is 3.13. The molecule has 30 heavy (non-hydrogen) atoms. The quantitative estimate of drug-likeness (QED) is 0.602. The van der Waals surface area contributed by atoms with E-state index >= 15 is 0 Å². The summed E-state index contributed by atoms with van der Waals surface area (Å²) in [6, 6.07) is 14.1. The van der Waals surface area contributed by atoms with Crippen LogP contribution in [0.4, 0.5) is 4.39 Å². The second-order valence-corrected chi connectivity index (χ2v) is 7.20. The molecule has 0 saturated heterocycles. The Morgan fingerprint density at radius 1 is 1.17 bits per heavy atom. The molecule has 0 aliphatic heterocycles. The molecule has 2 aromatic carbocycles. The minimum atomic E-state index is -0.712. The Labute approximate surface area is 179 Å². The van der Waals surface area contributed by atoms with Crippen molar-refractivity contribution in [3.63, 3.8) is 0 Å². The summed E-state index contributed by atoms with van der Waals surface area (Å²) < 4.78 is 14.7. The second-order valence-electron chi connectivity index (χ2n) is 6.79. The summed E-state index contributed by atoms with van der Waals surface area (Å²) in [7, 11) is 1.70. The van der Waals surface area contributed by atoms with Crippen molar-refractivity contribution in [1.29, 1.82) is 0 Å². The summed E-state index contributed by atoms with van der Waals surface area (Å²) in [4.78, 5) is 25.2. The molecule has 1 atom stereocenters. The molecular formula is C22H22ClFN4O2. The van der Waals surface area contributed by atoms with E-state index in [1.54, 1.807) is 36.0 Å². The SMILES string of the molecule is CC[C@H](NC(=O)c1cc(-c2ccc(F)cc2)n(C)n1)C(=O)NCc1ccccc1Cl. The van der Waals surface area contributed by atoms with Gasteiger partial charge in [-0.25, -0.2) is 4.39 Å². The van der Waals surface area contributed by atoms with E-state index in [1.165, 1.54) is 12.1 Å². The Morgan fingerprint density at radius 3 is 2.53 bits per heavy atom. The molecule has 0 aliphatic carbocycles. The predicted molar refractivity (Wildman–Crippen MR) is 113 cm³/mol. The van der Waals surface area contributed by atoms with Crippen molar-refractivity contribution in [2.45, 2.75) is 25.9 Å². The van der Waals surface area contributed by atoms with Crippen molar-refractivity contribution in [1.82, 2.24) is 20.4 Å². The van der Waals surface area contributed by atoms with Crippen LogP contribution < -0.4 is 10.6 Å². The van der Waals surface area contributed by atoms with E-state index < -0.39 is 11.9 Å². The van der Waals surface area contributed by atoms with Gasteiger partial charge in [0.1, 0.15) is 11.9 Å². The normalized spacial score (nSPS) is 11.7. The molecule has 2 amide bonds. The van der Waals surface area contributed by atoms with Gasteiger partial charge in [-0.2, -0.15) is 5.10 Å². The molecule has 0 fully saturated rings. The van der Waals surface area contributed by atoms with Crippen molar-refractivity contribution in [2.75, 3.05) is 0 Å². The summed E-state index contributed by atoms with van der Waals surface area (Å²) >= 11 is 6.11. The Bertz CT molecular complexity index is 1050. The smallest absolute Gasteiger partial charge is 0.272 e. The van der Waals surface area contributed by atoms with E-state index in [-0.39, 0.29) is 24.0 Å². The fourth-order valence-electron chi connectivity index (χ4n) is 3.00. The highest BCUT2D eigenvalue weighted by Gasteiger charge is 2.22. The van der Waals surface area contributed by atoms with Crippen LogP contribution in [0.3, 0.4) is 0 Å². The standard InChI is InChI=1S/C22H22ClFN4O2/c1-3-18(21(29)25-13-15-6-4-5-7-17(15)23)26-22(30)19-12-20(28(2)27-19)14-8-10-16(24)11-9-14/h4-12,18H,3,13H2,1-2H3,(H,25,29)(H,26,30)/t18-/m0/s1. The Balaban J connectivity index is 1.66. The summed E-state index contributed by atoms with van der Waals surface area (Å²) in [5.74, 6) is -1.10. The molecular weight excluding hydrogens is 407 g/mol. The molecule has 0 radical (unpaired) electrons. The fourth-order valence-corrected chi connectivity index (χ4v) is 3.20. The fraction of sp³-hybridized carbons (Fsp3) is 0.227.